The molecule has 0 saturated heterocycles. The molecule has 1 aromatic heterocycles. The molecule has 112 valence electrons. The zero-order chi connectivity index (χ0) is 15.6. The van der Waals surface area contributed by atoms with Gasteiger partial charge in [0.1, 0.15) is 5.82 Å². The summed E-state index contributed by atoms with van der Waals surface area (Å²) in [5.74, 6) is 1.30. The molecule has 0 spiro atoms. The fraction of sp³-hybridized carbons (Fsp3) is 0.375. The van der Waals surface area contributed by atoms with Gasteiger partial charge in [-0.2, -0.15) is 4.98 Å². The Hall–Kier alpha value is -1.81. The van der Waals surface area contributed by atoms with E-state index in [0.717, 1.165) is 22.6 Å². The second kappa shape index (κ2) is 5.90. The van der Waals surface area contributed by atoms with Gasteiger partial charge in [0.15, 0.2) is 0 Å². The van der Waals surface area contributed by atoms with E-state index >= 15 is 0 Å². The minimum absolute atomic E-state index is 0.0525. The molecule has 0 aliphatic rings. The van der Waals surface area contributed by atoms with Crippen LogP contribution in [0.25, 0.3) is 0 Å². The number of aromatic nitrogens is 2. The van der Waals surface area contributed by atoms with Crippen LogP contribution in [-0.2, 0) is 0 Å². The van der Waals surface area contributed by atoms with Crippen LogP contribution in [0.4, 0.5) is 17.5 Å². The summed E-state index contributed by atoms with van der Waals surface area (Å²) < 4.78 is 0. The normalized spacial score (nSPS) is 11.3. The van der Waals surface area contributed by atoms with E-state index in [1.165, 1.54) is 0 Å². The van der Waals surface area contributed by atoms with Crippen molar-refractivity contribution in [3.05, 3.63) is 40.5 Å². The van der Waals surface area contributed by atoms with Gasteiger partial charge in [0, 0.05) is 11.7 Å². The van der Waals surface area contributed by atoms with Crippen LogP contribution in [0.5, 0.6) is 0 Å². The molecule has 0 aliphatic heterocycles. The predicted molar refractivity (Wildman–Crippen MR) is 89.6 cm³/mol. The summed E-state index contributed by atoms with van der Waals surface area (Å²) in [6.45, 7) is 10.3. The molecular weight excluding hydrogens is 284 g/mol. The van der Waals surface area contributed by atoms with Crippen LogP contribution in [0.15, 0.2) is 24.4 Å². The number of nitrogens with zero attached hydrogens (tertiary/aromatic N) is 2. The predicted octanol–water partition coefficient (Wildman–Crippen LogP) is 4.70. The number of halogens is 1. The SMILES string of the molecule is Cc1cc(C)c(Nc2nccc(NC(C)(C)C)n2)c(Cl)c1. The van der Waals surface area contributed by atoms with Gasteiger partial charge in [-0.25, -0.2) is 4.98 Å². The molecule has 1 heterocycles. The van der Waals surface area contributed by atoms with Gasteiger partial charge in [0.2, 0.25) is 5.95 Å². The smallest absolute Gasteiger partial charge is 0.229 e. The number of hydrogen-bond donors (Lipinski definition) is 2. The van der Waals surface area contributed by atoms with Crippen LogP contribution in [0.3, 0.4) is 0 Å². The van der Waals surface area contributed by atoms with Crippen molar-refractivity contribution >= 4 is 29.1 Å². The van der Waals surface area contributed by atoms with Crippen molar-refractivity contribution in [3.63, 3.8) is 0 Å². The molecule has 0 aliphatic carbocycles. The van der Waals surface area contributed by atoms with E-state index in [4.69, 9.17) is 11.6 Å². The molecule has 0 radical (unpaired) electrons. The minimum Gasteiger partial charge on any atom is -0.365 e. The van der Waals surface area contributed by atoms with Crippen LogP contribution in [-0.4, -0.2) is 15.5 Å². The Morgan fingerprint density at radius 1 is 1.14 bits per heavy atom. The monoisotopic (exact) mass is 304 g/mol. The maximum atomic E-state index is 6.30. The first-order valence-corrected chi connectivity index (χ1v) is 7.27. The second-order valence-corrected chi connectivity index (χ2v) is 6.61. The number of anilines is 3. The zero-order valence-corrected chi connectivity index (χ0v) is 13.8. The minimum atomic E-state index is -0.0525. The summed E-state index contributed by atoms with van der Waals surface area (Å²) in [5, 5.41) is 7.19. The Kier molecular flexibility index (Phi) is 4.37. The molecule has 0 amide bonds. The van der Waals surface area contributed by atoms with Crippen LogP contribution in [0.2, 0.25) is 5.02 Å². The Balaban J connectivity index is 2.27. The fourth-order valence-corrected chi connectivity index (χ4v) is 2.43. The van der Waals surface area contributed by atoms with Crippen molar-refractivity contribution in [1.82, 2.24) is 9.97 Å². The molecule has 1 aromatic carbocycles. The molecule has 0 saturated carbocycles. The van der Waals surface area contributed by atoms with Crippen LogP contribution >= 0.6 is 11.6 Å². The number of hydrogen-bond acceptors (Lipinski definition) is 4. The van der Waals surface area contributed by atoms with Gasteiger partial charge in [0.05, 0.1) is 10.7 Å². The quantitative estimate of drug-likeness (QED) is 0.863. The largest absolute Gasteiger partial charge is 0.365 e. The van der Waals surface area contributed by atoms with E-state index in [9.17, 15) is 0 Å². The Bertz CT molecular complexity index is 624. The molecule has 0 fully saturated rings. The summed E-state index contributed by atoms with van der Waals surface area (Å²) >= 11 is 6.30. The third-order valence-corrected chi connectivity index (χ3v) is 3.13. The summed E-state index contributed by atoms with van der Waals surface area (Å²) in [5.41, 5.74) is 2.99. The van der Waals surface area contributed by atoms with Gasteiger partial charge in [-0.15, -0.1) is 0 Å². The van der Waals surface area contributed by atoms with Crippen LogP contribution in [0, 0.1) is 13.8 Å². The second-order valence-electron chi connectivity index (χ2n) is 6.20. The topological polar surface area (TPSA) is 49.8 Å². The highest BCUT2D eigenvalue weighted by atomic mass is 35.5. The Morgan fingerprint density at radius 3 is 2.48 bits per heavy atom. The molecule has 2 aromatic rings. The summed E-state index contributed by atoms with van der Waals surface area (Å²) in [4.78, 5) is 8.71. The molecule has 0 unspecified atom stereocenters. The first kappa shape index (κ1) is 15.6. The van der Waals surface area contributed by atoms with E-state index in [2.05, 4.69) is 47.4 Å². The summed E-state index contributed by atoms with van der Waals surface area (Å²) in [7, 11) is 0. The van der Waals surface area contributed by atoms with Crippen molar-refractivity contribution < 1.29 is 0 Å². The molecule has 21 heavy (non-hydrogen) atoms. The van der Waals surface area contributed by atoms with Gasteiger partial charge < -0.3 is 10.6 Å². The lowest BCUT2D eigenvalue weighted by atomic mass is 10.1. The van der Waals surface area contributed by atoms with Crippen molar-refractivity contribution in [2.45, 2.75) is 40.2 Å². The van der Waals surface area contributed by atoms with Crippen molar-refractivity contribution in [2.75, 3.05) is 10.6 Å². The fourth-order valence-electron chi connectivity index (χ4n) is 2.06. The number of nitrogens with one attached hydrogen (secondary N) is 2. The average molecular weight is 305 g/mol. The molecule has 5 heteroatoms. The Labute approximate surface area is 131 Å². The average Bonchev–Trinajstić information content (AvgIpc) is 2.32. The van der Waals surface area contributed by atoms with Crippen molar-refractivity contribution in [1.29, 1.82) is 0 Å². The third kappa shape index (κ3) is 4.33. The lowest BCUT2D eigenvalue weighted by Gasteiger charge is -2.21. The summed E-state index contributed by atoms with van der Waals surface area (Å²) in [6.07, 6.45) is 1.72. The highest BCUT2D eigenvalue weighted by Gasteiger charge is 2.12. The highest BCUT2D eigenvalue weighted by molar-refractivity contribution is 6.33. The number of benzene rings is 1. The van der Waals surface area contributed by atoms with E-state index in [1.54, 1.807) is 6.20 Å². The zero-order valence-electron chi connectivity index (χ0n) is 13.1. The van der Waals surface area contributed by atoms with Crippen molar-refractivity contribution in [2.24, 2.45) is 0 Å². The highest BCUT2D eigenvalue weighted by Crippen LogP contribution is 2.29. The molecule has 2 N–H and O–H groups in total. The van der Waals surface area contributed by atoms with Gasteiger partial charge >= 0.3 is 0 Å². The maximum absolute atomic E-state index is 6.30. The lowest BCUT2D eigenvalue weighted by Crippen LogP contribution is -2.26. The first-order chi connectivity index (χ1) is 9.74. The van der Waals surface area contributed by atoms with Gasteiger partial charge in [-0.05, 0) is 57.9 Å². The van der Waals surface area contributed by atoms with E-state index < -0.39 is 0 Å². The summed E-state index contributed by atoms with van der Waals surface area (Å²) in [6, 6.07) is 5.85. The standard InChI is InChI=1S/C16H21ClN4/c1-10-8-11(2)14(12(17)9-10)20-15-18-7-6-13(19-15)21-16(3,4)5/h6-9H,1-5H3,(H2,18,19,20,21). The van der Waals surface area contributed by atoms with E-state index in [0.29, 0.717) is 11.0 Å². The van der Waals surface area contributed by atoms with Crippen molar-refractivity contribution in [3.8, 4) is 0 Å². The number of aryl methyl sites for hydroxylation is 2. The lowest BCUT2D eigenvalue weighted by molar-refractivity contribution is 0.630. The van der Waals surface area contributed by atoms with Gasteiger partial charge in [-0.3, -0.25) is 0 Å². The number of rotatable bonds is 3. The third-order valence-electron chi connectivity index (χ3n) is 2.83. The molecular formula is C16H21ClN4. The molecule has 2 rings (SSSR count). The molecule has 0 bridgehead atoms. The van der Waals surface area contributed by atoms with Gasteiger partial charge in [0.25, 0.3) is 0 Å². The molecule has 4 nitrogen and oxygen atoms in total. The van der Waals surface area contributed by atoms with Crippen LogP contribution < -0.4 is 10.6 Å². The van der Waals surface area contributed by atoms with Crippen LogP contribution in [0.1, 0.15) is 31.9 Å². The molecule has 0 atom stereocenters. The first-order valence-electron chi connectivity index (χ1n) is 6.89. The Morgan fingerprint density at radius 2 is 1.86 bits per heavy atom. The van der Waals surface area contributed by atoms with E-state index in [-0.39, 0.29) is 5.54 Å². The van der Waals surface area contributed by atoms with E-state index in [1.807, 2.05) is 26.0 Å². The van der Waals surface area contributed by atoms with Gasteiger partial charge in [-0.1, -0.05) is 17.7 Å². The maximum Gasteiger partial charge on any atom is 0.229 e.